The first-order valence-electron chi connectivity index (χ1n) is 5.86. The van der Waals surface area contributed by atoms with Gasteiger partial charge in [0.25, 0.3) is 5.91 Å². The van der Waals surface area contributed by atoms with E-state index in [1.807, 2.05) is 0 Å². The summed E-state index contributed by atoms with van der Waals surface area (Å²) in [5.41, 5.74) is 0.365. The summed E-state index contributed by atoms with van der Waals surface area (Å²) < 4.78 is 0. The minimum absolute atomic E-state index is 0.134. The van der Waals surface area contributed by atoms with Gasteiger partial charge in [-0.3, -0.25) is 4.79 Å². The molecule has 1 rings (SSSR count). The third-order valence-electron chi connectivity index (χ3n) is 2.41. The van der Waals surface area contributed by atoms with Gasteiger partial charge in [-0.25, -0.2) is 0 Å². The van der Waals surface area contributed by atoms with Crippen molar-refractivity contribution in [3.05, 3.63) is 17.8 Å². The number of amides is 1. The largest absolute Gasteiger partial charge is 0.366 e. The van der Waals surface area contributed by atoms with Gasteiger partial charge in [-0.1, -0.05) is 13.3 Å². The average Bonchev–Trinajstić information content (AvgIpc) is 2.29. The first kappa shape index (κ1) is 13.4. The minimum Gasteiger partial charge on any atom is -0.366 e. The molecule has 0 aliphatic carbocycles. The summed E-state index contributed by atoms with van der Waals surface area (Å²) in [5, 5.41) is 11.1. The standard InChI is InChI=1S/C12H20N4O/c1-5-6-9(2)13-11-8-7-10(14-15-11)12(17)16(3)4/h7-9H,5-6H2,1-4H3,(H,13,15). The maximum absolute atomic E-state index is 11.6. The van der Waals surface area contributed by atoms with Gasteiger partial charge in [0.05, 0.1) is 0 Å². The van der Waals surface area contributed by atoms with Crippen LogP contribution in [0, 0.1) is 0 Å². The lowest BCUT2D eigenvalue weighted by Gasteiger charge is -2.13. The number of hydrogen-bond donors (Lipinski definition) is 1. The summed E-state index contributed by atoms with van der Waals surface area (Å²) in [6.45, 7) is 4.24. The van der Waals surface area contributed by atoms with Gasteiger partial charge >= 0.3 is 0 Å². The number of rotatable bonds is 5. The molecule has 0 fully saturated rings. The Morgan fingerprint density at radius 3 is 2.59 bits per heavy atom. The lowest BCUT2D eigenvalue weighted by molar-refractivity contribution is 0.0821. The Morgan fingerprint density at radius 2 is 2.12 bits per heavy atom. The van der Waals surface area contributed by atoms with E-state index in [1.165, 1.54) is 4.90 Å². The zero-order valence-corrected chi connectivity index (χ0v) is 10.9. The van der Waals surface area contributed by atoms with Crippen molar-refractivity contribution < 1.29 is 4.79 Å². The highest BCUT2D eigenvalue weighted by molar-refractivity contribution is 5.91. The number of carbonyl (C=O) groups is 1. The molecule has 0 aromatic carbocycles. The molecule has 1 aromatic rings. The first-order valence-corrected chi connectivity index (χ1v) is 5.86. The van der Waals surface area contributed by atoms with Crippen LogP contribution in [0.1, 0.15) is 37.2 Å². The molecule has 5 nitrogen and oxygen atoms in total. The number of nitrogens with zero attached hydrogens (tertiary/aromatic N) is 3. The highest BCUT2D eigenvalue weighted by Gasteiger charge is 2.10. The summed E-state index contributed by atoms with van der Waals surface area (Å²) in [7, 11) is 3.39. The molecule has 1 amide bonds. The SMILES string of the molecule is CCCC(C)Nc1ccc(C(=O)N(C)C)nn1. The Labute approximate surface area is 102 Å². The third-order valence-corrected chi connectivity index (χ3v) is 2.41. The van der Waals surface area contributed by atoms with E-state index in [4.69, 9.17) is 0 Å². The van der Waals surface area contributed by atoms with Crippen LogP contribution in [0.4, 0.5) is 5.82 Å². The van der Waals surface area contributed by atoms with Crippen molar-refractivity contribution in [3.63, 3.8) is 0 Å². The molecule has 1 atom stereocenters. The summed E-state index contributed by atoms with van der Waals surface area (Å²) in [6.07, 6.45) is 2.21. The molecular formula is C12H20N4O. The van der Waals surface area contributed by atoms with Gasteiger partial charge in [-0.2, -0.15) is 0 Å². The van der Waals surface area contributed by atoms with Crippen LogP contribution in [0.25, 0.3) is 0 Å². The number of carbonyl (C=O) groups excluding carboxylic acids is 1. The second-order valence-electron chi connectivity index (χ2n) is 4.34. The molecule has 0 spiro atoms. The Hall–Kier alpha value is -1.65. The minimum atomic E-state index is -0.134. The van der Waals surface area contributed by atoms with Gasteiger partial charge < -0.3 is 10.2 Å². The van der Waals surface area contributed by atoms with Crippen LogP contribution in [-0.2, 0) is 0 Å². The zero-order valence-electron chi connectivity index (χ0n) is 10.9. The average molecular weight is 236 g/mol. The Kier molecular flexibility index (Phi) is 4.87. The number of hydrogen-bond acceptors (Lipinski definition) is 4. The molecule has 0 radical (unpaired) electrons. The summed E-state index contributed by atoms with van der Waals surface area (Å²) in [6, 6.07) is 3.84. The predicted octanol–water partition coefficient (Wildman–Crippen LogP) is 1.78. The normalized spacial score (nSPS) is 12.0. The lowest BCUT2D eigenvalue weighted by Crippen LogP contribution is -2.23. The van der Waals surface area contributed by atoms with Crippen molar-refractivity contribution in [2.45, 2.75) is 32.7 Å². The first-order chi connectivity index (χ1) is 8.04. The molecule has 1 unspecified atom stereocenters. The van der Waals surface area contributed by atoms with Gasteiger partial charge in [0.1, 0.15) is 5.82 Å². The molecule has 0 saturated heterocycles. The number of aromatic nitrogens is 2. The maximum Gasteiger partial charge on any atom is 0.273 e. The number of anilines is 1. The molecule has 0 saturated carbocycles. The van der Waals surface area contributed by atoms with Gasteiger partial charge in [0.15, 0.2) is 5.69 Å². The van der Waals surface area contributed by atoms with Crippen LogP contribution in [0.3, 0.4) is 0 Å². The Bertz CT molecular complexity index is 361. The third kappa shape index (κ3) is 4.01. The summed E-state index contributed by atoms with van der Waals surface area (Å²) in [4.78, 5) is 13.1. The summed E-state index contributed by atoms with van der Waals surface area (Å²) >= 11 is 0. The van der Waals surface area contributed by atoms with E-state index in [1.54, 1.807) is 26.2 Å². The molecule has 1 N–H and O–H groups in total. The van der Waals surface area contributed by atoms with Crippen LogP contribution in [0.15, 0.2) is 12.1 Å². The summed E-state index contributed by atoms with van der Waals surface area (Å²) in [5.74, 6) is 0.576. The fourth-order valence-electron chi connectivity index (χ4n) is 1.51. The molecule has 0 bridgehead atoms. The van der Waals surface area contributed by atoms with Crippen LogP contribution < -0.4 is 5.32 Å². The molecule has 5 heteroatoms. The molecule has 0 aliphatic rings. The van der Waals surface area contributed by atoms with E-state index < -0.39 is 0 Å². The van der Waals surface area contributed by atoms with Crippen LogP contribution in [0.5, 0.6) is 0 Å². The Morgan fingerprint density at radius 1 is 1.41 bits per heavy atom. The second kappa shape index (κ2) is 6.18. The quantitative estimate of drug-likeness (QED) is 0.846. The van der Waals surface area contributed by atoms with Crippen molar-refractivity contribution >= 4 is 11.7 Å². The fourth-order valence-corrected chi connectivity index (χ4v) is 1.51. The van der Waals surface area contributed by atoms with E-state index in [-0.39, 0.29) is 5.91 Å². The van der Waals surface area contributed by atoms with Gasteiger partial charge in [-0.05, 0) is 25.5 Å². The molecule has 1 aromatic heterocycles. The highest BCUT2D eigenvalue weighted by atomic mass is 16.2. The van der Waals surface area contributed by atoms with E-state index >= 15 is 0 Å². The van der Waals surface area contributed by atoms with Crippen molar-refractivity contribution in [3.8, 4) is 0 Å². The van der Waals surface area contributed by atoms with Crippen LogP contribution in [-0.4, -0.2) is 41.1 Å². The predicted molar refractivity (Wildman–Crippen MR) is 68.0 cm³/mol. The van der Waals surface area contributed by atoms with Crippen molar-refractivity contribution in [2.24, 2.45) is 0 Å². The van der Waals surface area contributed by atoms with Gasteiger partial charge in [0.2, 0.25) is 0 Å². The van der Waals surface area contributed by atoms with Crippen molar-refractivity contribution in [2.75, 3.05) is 19.4 Å². The smallest absolute Gasteiger partial charge is 0.273 e. The van der Waals surface area contributed by atoms with Crippen molar-refractivity contribution in [1.82, 2.24) is 15.1 Å². The van der Waals surface area contributed by atoms with E-state index in [0.717, 1.165) is 12.8 Å². The van der Waals surface area contributed by atoms with Gasteiger partial charge in [0, 0.05) is 20.1 Å². The molecule has 0 aliphatic heterocycles. The lowest BCUT2D eigenvalue weighted by atomic mass is 10.2. The van der Waals surface area contributed by atoms with E-state index in [0.29, 0.717) is 17.6 Å². The number of nitrogens with one attached hydrogen (secondary N) is 1. The van der Waals surface area contributed by atoms with Gasteiger partial charge in [-0.15, -0.1) is 10.2 Å². The second-order valence-corrected chi connectivity index (χ2v) is 4.34. The van der Waals surface area contributed by atoms with E-state index in [2.05, 4.69) is 29.4 Å². The zero-order chi connectivity index (χ0) is 12.8. The molecule has 1 heterocycles. The topological polar surface area (TPSA) is 58.1 Å². The highest BCUT2D eigenvalue weighted by Crippen LogP contribution is 2.07. The van der Waals surface area contributed by atoms with Crippen LogP contribution in [0.2, 0.25) is 0 Å². The van der Waals surface area contributed by atoms with Crippen molar-refractivity contribution in [1.29, 1.82) is 0 Å². The van der Waals surface area contributed by atoms with Crippen LogP contribution >= 0.6 is 0 Å². The monoisotopic (exact) mass is 236 g/mol. The maximum atomic E-state index is 11.6. The van der Waals surface area contributed by atoms with E-state index in [9.17, 15) is 4.79 Å². The Balaban J connectivity index is 2.65. The fraction of sp³-hybridized carbons (Fsp3) is 0.583. The molecule has 17 heavy (non-hydrogen) atoms. The molecule has 94 valence electrons. The molecular weight excluding hydrogens is 216 g/mol.